The number of methoxy groups -OCH3 is 1. The third-order valence-electron chi connectivity index (χ3n) is 2.39. The van der Waals surface area contributed by atoms with E-state index in [1.807, 2.05) is 14.0 Å². The van der Waals surface area contributed by atoms with Gasteiger partial charge in [-0.3, -0.25) is 0 Å². The monoisotopic (exact) mass is 243 g/mol. The smallest absolute Gasteiger partial charge is 0.216 e. The lowest BCUT2D eigenvalue weighted by Crippen LogP contribution is -2.12. The second-order valence-corrected chi connectivity index (χ2v) is 3.65. The first-order chi connectivity index (χ1) is 8.20. The number of nitrogens with two attached hydrogens (primary N) is 1. The normalized spacial score (nSPS) is 10.8. The molecule has 6 nitrogen and oxygen atoms in total. The molecule has 0 aliphatic heterocycles. The van der Waals surface area contributed by atoms with Gasteiger partial charge >= 0.3 is 0 Å². The van der Waals surface area contributed by atoms with Gasteiger partial charge in [-0.15, -0.1) is 0 Å². The third kappa shape index (κ3) is 3.99. The van der Waals surface area contributed by atoms with E-state index in [9.17, 15) is 0 Å². The van der Waals surface area contributed by atoms with Gasteiger partial charge in [0.1, 0.15) is 6.61 Å². The summed E-state index contributed by atoms with van der Waals surface area (Å²) in [5, 5.41) is 4.26. The molecule has 1 rings (SSSR count). The number of nitrogens with zero attached hydrogens (tertiary/aromatic N) is 2. The number of hydrogen-bond acceptors (Lipinski definition) is 5. The molecule has 0 saturated heterocycles. The Kier molecular flexibility index (Phi) is 5.96. The van der Waals surface area contributed by atoms with E-state index in [-0.39, 0.29) is 0 Å². The van der Waals surface area contributed by atoms with Crippen molar-refractivity contribution < 1.29 is 14.2 Å². The van der Waals surface area contributed by atoms with Gasteiger partial charge in [-0.1, -0.05) is 0 Å². The lowest BCUT2D eigenvalue weighted by atomic mass is 10.2. The van der Waals surface area contributed by atoms with E-state index in [1.165, 1.54) is 0 Å². The summed E-state index contributed by atoms with van der Waals surface area (Å²) in [4.78, 5) is 0. The van der Waals surface area contributed by atoms with Crippen LogP contribution in [0.5, 0.6) is 5.88 Å². The summed E-state index contributed by atoms with van der Waals surface area (Å²) in [6, 6.07) is 0. The van der Waals surface area contributed by atoms with Crippen LogP contribution in [0, 0.1) is 6.92 Å². The largest absolute Gasteiger partial charge is 0.475 e. The molecule has 0 aliphatic carbocycles. The van der Waals surface area contributed by atoms with Gasteiger partial charge in [0.15, 0.2) is 0 Å². The number of aromatic nitrogens is 2. The van der Waals surface area contributed by atoms with E-state index in [2.05, 4.69) is 5.10 Å². The van der Waals surface area contributed by atoms with Crippen LogP contribution in [0.3, 0.4) is 0 Å². The van der Waals surface area contributed by atoms with E-state index >= 15 is 0 Å². The fourth-order valence-electron chi connectivity index (χ4n) is 1.54. The summed E-state index contributed by atoms with van der Waals surface area (Å²) < 4.78 is 17.5. The van der Waals surface area contributed by atoms with Crippen LogP contribution >= 0.6 is 0 Å². The quantitative estimate of drug-likeness (QED) is 0.662. The topological polar surface area (TPSA) is 71.5 Å². The maximum Gasteiger partial charge on any atom is 0.216 e. The van der Waals surface area contributed by atoms with Gasteiger partial charge in [-0.05, 0) is 6.92 Å². The third-order valence-corrected chi connectivity index (χ3v) is 2.39. The van der Waals surface area contributed by atoms with Gasteiger partial charge in [0, 0.05) is 20.7 Å². The van der Waals surface area contributed by atoms with Crippen LogP contribution in [-0.4, -0.2) is 43.3 Å². The SMILES string of the molecule is COCCOCCOc1c(CN)c(C)nn1C. The molecular formula is C11H21N3O3. The van der Waals surface area contributed by atoms with Crippen LogP contribution in [0.2, 0.25) is 0 Å². The minimum atomic E-state index is 0.430. The highest BCUT2D eigenvalue weighted by Gasteiger charge is 2.12. The van der Waals surface area contributed by atoms with Crippen molar-refractivity contribution >= 4 is 0 Å². The molecule has 0 aromatic carbocycles. The van der Waals surface area contributed by atoms with E-state index in [1.54, 1.807) is 11.8 Å². The molecule has 0 unspecified atom stereocenters. The Balaban J connectivity index is 2.36. The van der Waals surface area contributed by atoms with E-state index in [0.29, 0.717) is 33.0 Å². The van der Waals surface area contributed by atoms with Crippen molar-refractivity contribution in [1.29, 1.82) is 0 Å². The maximum absolute atomic E-state index is 5.65. The molecule has 0 saturated carbocycles. The van der Waals surface area contributed by atoms with Crippen LogP contribution in [0.25, 0.3) is 0 Å². The second kappa shape index (κ2) is 7.26. The zero-order valence-corrected chi connectivity index (χ0v) is 10.7. The molecule has 1 aromatic rings. The van der Waals surface area contributed by atoms with Gasteiger partial charge in [-0.2, -0.15) is 5.10 Å². The molecule has 2 N–H and O–H groups in total. The highest BCUT2D eigenvalue weighted by Crippen LogP contribution is 2.20. The van der Waals surface area contributed by atoms with E-state index < -0.39 is 0 Å². The number of rotatable bonds is 8. The average molecular weight is 243 g/mol. The van der Waals surface area contributed by atoms with E-state index in [4.69, 9.17) is 19.9 Å². The lowest BCUT2D eigenvalue weighted by Gasteiger charge is -2.08. The Hall–Kier alpha value is -1.11. The minimum Gasteiger partial charge on any atom is -0.475 e. The Bertz CT molecular complexity index is 339. The van der Waals surface area contributed by atoms with Crippen molar-refractivity contribution in [3.8, 4) is 5.88 Å². The fourth-order valence-corrected chi connectivity index (χ4v) is 1.54. The molecule has 0 bridgehead atoms. The number of hydrogen-bond donors (Lipinski definition) is 1. The van der Waals surface area contributed by atoms with Crippen molar-refractivity contribution in [3.05, 3.63) is 11.3 Å². The molecule has 6 heteroatoms. The summed E-state index contributed by atoms with van der Waals surface area (Å²) in [6.45, 7) is 4.53. The molecule has 0 fully saturated rings. The highest BCUT2D eigenvalue weighted by atomic mass is 16.5. The molecule has 1 heterocycles. The molecule has 1 aromatic heterocycles. The maximum atomic E-state index is 5.65. The van der Waals surface area contributed by atoms with Gasteiger partial charge in [0.2, 0.25) is 5.88 Å². The molecule has 0 atom stereocenters. The summed E-state index contributed by atoms with van der Waals surface area (Å²) in [5.41, 5.74) is 7.51. The second-order valence-electron chi connectivity index (χ2n) is 3.65. The van der Waals surface area contributed by atoms with Crippen LogP contribution < -0.4 is 10.5 Å². The van der Waals surface area contributed by atoms with Crippen molar-refractivity contribution in [2.75, 3.05) is 33.5 Å². The van der Waals surface area contributed by atoms with Crippen molar-refractivity contribution in [1.82, 2.24) is 9.78 Å². The van der Waals surface area contributed by atoms with Gasteiger partial charge in [-0.25, -0.2) is 4.68 Å². The lowest BCUT2D eigenvalue weighted by molar-refractivity contribution is 0.0528. The Morgan fingerprint density at radius 2 is 1.94 bits per heavy atom. The van der Waals surface area contributed by atoms with Gasteiger partial charge in [0.25, 0.3) is 0 Å². The van der Waals surface area contributed by atoms with Crippen molar-refractivity contribution in [3.63, 3.8) is 0 Å². The zero-order valence-electron chi connectivity index (χ0n) is 10.7. The average Bonchev–Trinajstić information content (AvgIpc) is 2.58. The summed E-state index contributed by atoms with van der Waals surface area (Å²) in [6.07, 6.45) is 0. The molecular weight excluding hydrogens is 222 g/mol. The predicted octanol–water partition coefficient (Wildman–Crippen LogP) is 0.229. The standard InChI is InChI=1S/C11H21N3O3/c1-9-10(8-12)11(14(2)13-9)17-7-6-16-5-4-15-3/h4-8,12H2,1-3H3. The number of aryl methyl sites for hydroxylation is 2. The molecule has 0 radical (unpaired) electrons. The molecule has 0 spiro atoms. The molecule has 0 aliphatic rings. The van der Waals surface area contributed by atoms with Gasteiger partial charge < -0.3 is 19.9 Å². The predicted molar refractivity (Wildman–Crippen MR) is 64.0 cm³/mol. The Labute approximate surface area is 102 Å². The van der Waals surface area contributed by atoms with Crippen molar-refractivity contribution in [2.45, 2.75) is 13.5 Å². The fraction of sp³-hybridized carbons (Fsp3) is 0.727. The zero-order chi connectivity index (χ0) is 12.7. The van der Waals surface area contributed by atoms with Crippen LogP contribution in [0.4, 0.5) is 0 Å². The first kappa shape index (κ1) is 14.0. The van der Waals surface area contributed by atoms with Gasteiger partial charge in [0.05, 0.1) is 31.1 Å². The Morgan fingerprint density at radius 3 is 2.59 bits per heavy atom. The van der Waals surface area contributed by atoms with E-state index in [0.717, 1.165) is 17.1 Å². The van der Waals surface area contributed by atoms with Crippen LogP contribution in [-0.2, 0) is 23.1 Å². The molecule has 0 amide bonds. The molecule has 98 valence electrons. The van der Waals surface area contributed by atoms with Crippen LogP contribution in [0.15, 0.2) is 0 Å². The summed E-state index contributed by atoms with van der Waals surface area (Å²) in [7, 11) is 3.49. The molecule has 17 heavy (non-hydrogen) atoms. The van der Waals surface area contributed by atoms with Crippen molar-refractivity contribution in [2.24, 2.45) is 12.8 Å². The number of ether oxygens (including phenoxy) is 3. The highest BCUT2D eigenvalue weighted by molar-refractivity contribution is 5.30. The first-order valence-electron chi connectivity index (χ1n) is 5.62. The first-order valence-corrected chi connectivity index (χ1v) is 5.62. The summed E-state index contributed by atoms with van der Waals surface area (Å²) >= 11 is 0. The minimum absolute atomic E-state index is 0.430. The Morgan fingerprint density at radius 1 is 1.24 bits per heavy atom. The van der Waals surface area contributed by atoms with Crippen LogP contribution in [0.1, 0.15) is 11.3 Å². The summed E-state index contributed by atoms with van der Waals surface area (Å²) in [5.74, 6) is 0.723.